The van der Waals surface area contributed by atoms with Crippen LogP contribution < -0.4 is 20.7 Å². The van der Waals surface area contributed by atoms with Gasteiger partial charge >= 0.3 is 0 Å². The van der Waals surface area contributed by atoms with Crippen molar-refractivity contribution >= 4 is 40.2 Å². The number of nitrogens with one attached hydrogen (secondary N) is 4. The zero-order valence-electron chi connectivity index (χ0n) is 26.0. The number of H-pyrrole nitrogens is 1. The van der Waals surface area contributed by atoms with Gasteiger partial charge < -0.3 is 25.7 Å². The third-order valence-corrected chi connectivity index (χ3v) is 8.86. The zero-order chi connectivity index (χ0) is 31.2. The summed E-state index contributed by atoms with van der Waals surface area (Å²) in [5.41, 5.74) is 5.66. The molecular formula is C33H37N11O2. The molecule has 236 valence electrons. The number of benzene rings is 1. The van der Waals surface area contributed by atoms with Crippen LogP contribution in [-0.2, 0) is 11.8 Å². The number of aryl methyl sites for hydroxylation is 2. The van der Waals surface area contributed by atoms with E-state index < -0.39 is 0 Å². The second-order valence-corrected chi connectivity index (χ2v) is 12.6. The van der Waals surface area contributed by atoms with Crippen LogP contribution >= 0.6 is 0 Å². The van der Waals surface area contributed by atoms with Crippen LogP contribution in [-0.4, -0.2) is 77.3 Å². The molecule has 1 aliphatic heterocycles. The molecule has 13 nitrogen and oxygen atoms in total. The molecule has 1 atom stereocenters. The number of aromatic nitrogens is 7. The van der Waals surface area contributed by atoms with Gasteiger partial charge in [0.05, 0.1) is 23.4 Å². The first-order chi connectivity index (χ1) is 22.4. The van der Waals surface area contributed by atoms with Gasteiger partial charge in [0.1, 0.15) is 6.10 Å². The highest BCUT2D eigenvalue weighted by Gasteiger charge is 2.30. The predicted octanol–water partition coefficient (Wildman–Crippen LogP) is 4.74. The summed E-state index contributed by atoms with van der Waals surface area (Å²) in [5.74, 6) is 2.76. The predicted molar refractivity (Wildman–Crippen MR) is 175 cm³/mol. The van der Waals surface area contributed by atoms with Crippen LogP contribution in [0.1, 0.15) is 49.3 Å². The first-order valence-electron chi connectivity index (χ1n) is 16.0. The number of aromatic amines is 1. The van der Waals surface area contributed by atoms with Gasteiger partial charge in [0, 0.05) is 79.1 Å². The number of hydrogen-bond donors (Lipinski definition) is 4. The van der Waals surface area contributed by atoms with Gasteiger partial charge in [-0.15, -0.1) is 0 Å². The molecule has 4 N–H and O–H groups in total. The van der Waals surface area contributed by atoms with Gasteiger partial charge in [-0.1, -0.05) is 12.1 Å². The quantitative estimate of drug-likeness (QED) is 0.163. The number of fused-ring (bicyclic) bond motifs is 1. The van der Waals surface area contributed by atoms with Gasteiger partial charge in [0.15, 0.2) is 5.82 Å². The fraction of sp³-hybridized carbons (Fsp3) is 0.394. The second kappa shape index (κ2) is 11.7. The van der Waals surface area contributed by atoms with E-state index in [0.717, 1.165) is 77.8 Å². The number of ether oxygens (including phenoxy) is 1. The van der Waals surface area contributed by atoms with Crippen molar-refractivity contribution < 1.29 is 9.53 Å². The van der Waals surface area contributed by atoms with Crippen molar-refractivity contribution in [1.29, 1.82) is 0 Å². The van der Waals surface area contributed by atoms with Crippen molar-refractivity contribution in [3.8, 4) is 17.1 Å². The first kappa shape index (κ1) is 28.4. The first-order valence-corrected chi connectivity index (χ1v) is 16.0. The highest BCUT2D eigenvalue weighted by Crippen LogP contribution is 2.45. The van der Waals surface area contributed by atoms with Crippen LogP contribution in [0.5, 0.6) is 5.88 Å². The van der Waals surface area contributed by atoms with Crippen molar-refractivity contribution in [1.82, 2.24) is 39.6 Å². The topological polar surface area (TPSA) is 151 Å². The minimum Gasteiger partial charge on any atom is -0.473 e. The van der Waals surface area contributed by atoms with E-state index in [2.05, 4.69) is 52.0 Å². The Labute approximate surface area is 266 Å². The third kappa shape index (κ3) is 6.10. The van der Waals surface area contributed by atoms with Crippen molar-refractivity contribution in [2.24, 2.45) is 7.05 Å². The molecule has 0 unspecified atom stereocenters. The monoisotopic (exact) mass is 619 g/mol. The van der Waals surface area contributed by atoms with Crippen molar-refractivity contribution in [2.45, 2.75) is 57.1 Å². The molecule has 0 radical (unpaired) electrons. The van der Waals surface area contributed by atoms with E-state index in [9.17, 15) is 4.79 Å². The summed E-state index contributed by atoms with van der Waals surface area (Å²) in [5, 5.41) is 15.2. The van der Waals surface area contributed by atoms with E-state index in [4.69, 9.17) is 9.72 Å². The highest BCUT2D eigenvalue weighted by atomic mass is 16.5. The largest absolute Gasteiger partial charge is 0.473 e. The Morgan fingerprint density at radius 1 is 1.09 bits per heavy atom. The van der Waals surface area contributed by atoms with Crippen LogP contribution in [0.4, 0.5) is 23.4 Å². The molecule has 13 heteroatoms. The van der Waals surface area contributed by atoms with Crippen molar-refractivity contribution in [3.05, 3.63) is 60.2 Å². The number of para-hydroxylation sites is 1. The number of anilines is 4. The van der Waals surface area contributed by atoms with Crippen LogP contribution in [0.2, 0.25) is 0 Å². The molecule has 5 heterocycles. The molecule has 8 rings (SSSR count). The molecule has 0 spiro atoms. The lowest BCUT2D eigenvalue weighted by molar-refractivity contribution is -0.117. The van der Waals surface area contributed by atoms with Crippen LogP contribution in [0.25, 0.3) is 22.2 Å². The van der Waals surface area contributed by atoms with Crippen LogP contribution in [0.15, 0.2) is 48.9 Å². The molecule has 1 amide bonds. The van der Waals surface area contributed by atoms with E-state index in [-0.39, 0.29) is 18.6 Å². The number of likely N-dealkylation sites (tertiary alicyclic amines) is 1. The lowest BCUT2D eigenvalue weighted by Crippen LogP contribution is -2.33. The van der Waals surface area contributed by atoms with Crippen LogP contribution in [0, 0.1) is 6.92 Å². The number of carbonyl (C=O) groups excluding carboxylic acids is 1. The van der Waals surface area contributed by atoms with Crippen LogP contribution in [0.3, 0.4) is 0 Å². The number of nitrogens with zero attached hydrogens (tertiary/aromatic N) is 7. The summed E-state index contributed by atoms with van der Waals surface area (Å²) in [6.07, 6.45) is 11.0. The fourth-order valence-electron chi connectivity index (χ4n) is 6.04. The summed E-state index contributed by atoms with van der Waals surface area (Å²) >= 11 is 0. The second-order valence-electron chi connectivity index (χ2n) is 12.6. The molecule has 1 saturated heterocycles. The molecule has 2 saturated carbocycles. The third-order valence-electron chi connectivity index (χ3n) is 8.86. The number of hydrogen-bond acceptors (Lipinski definition) is 10. The smallest absolute Gasteiger partial charge is 0.238 e. The average molecular weight is 620 g/mol. The molecule has 4 aromatic heterocycles. The van der Waals surface area contributed by atoms with Gasteiger partial charge in [0.2, 0.25) is 23.7 Å². The van der Waals surface area contributed by atoms with Gasteiger partial charge in [-0.05, 0) is 51.0 Å². The van der Waals surface area contributed by atoms with Crippen molar-refractivity contribution in [2.75, 3.05) is 35.6 Å². The molecular weight excluding hydrogens is 582 g/mol. The summed E-state index contributed by atoms with van der Waals surface area (Å²) in [6, 6.07) is 10.2. The normalized spacial score (nSPS) is 18.2. The van der Waals surface area contributed by atoms with Crippen molar-refractivity contribution in [3.63, 3.8) is 0 Å². The van der Waals surface area contributed by atoms with E-state index >= 15 is 0 Å². The average Bonchev–Trinajstić information content (AvgIpc) is 3.94. The van der Waals surface area contributed by atoms with E-state index in [1.165, 1.54) is 0 Å². The molecule has 1 aromatic carbocycles. The molecule has 0 bridgehead atoms. The highest BCUT2D eigenvalue weighted by molar-refractivity contribution is 6.06. The van der Waals surface area contributed by atoms with Gasteiger partial charge in [-0.2, -0.15) is 10.1 Å². The van der Waals surface area contributed by atoms with Gasteiger partial charge in [-0.3, -0.25) is 14.4 Å². The molecule has 3 aliphatic rings. The summed E-state index contributed by atoms with van der Waals surface area (Å²) in [7, 11) is 1.91. The Balaban J connectivity index is 0.950. The lowest BCUT2D eigenvalue weighted by atomic mass is 10.0. The minimum absolute atomic E-state index is 0.0273. The maximum Gasteiger partial charge on any atom is 0.238 e. The molecule has 5 aromatic rings. The maximum absolute atomic E-state index is 13.2. The maximum atomic E-state index is 13.2. The molecule has 2 aliphatic carbocycles. The Kier molecular flexibility index (Phi) is 7.24. The van der Waals surface area contributed by atoms with E-state index in [1.54, 1.807) is 12.3 Å². The number of amides is 1. The Bertz CT molecular complexity index is 1890. The summed E-state index contributed by atoms with van der Waals surface area (Å²) < 4.78 is 7.96. The van der Waals surface area contributed by atoms with Gasteiger partial charge in [-0.25, -0.2) is 15.0 Å². The summed E-state index contributed by atoms with van der Waals surface area (Å²) in [6.45, 7) is 3.72. The zero-order valence-corrected chi connectivity index (χ0v) is 26.0. The number of carbonyl (C=O) groups is 1. The Morgan fingerprint density at radius 3 is 2.78 bits per heavy atom. The Hall–Kier alpha value is -5.04. The van der Waals surface area contributed by atoms with Gasteiger partial charge in [0.25, 0.3) is 0 Å². The van der Waals surface area contributed by atoms with E-state index in [1.807, 2.05) is 49.2 Å². The fourth-order valence-corrected chi connectivity index (χ4v) is 6.04. The molecule has 46 heavy (non-hydrogen) atoms. The SMILES string of the molecule is Cc1cc(Nc2ncc(C3CC3)c(-c3c[nH]c4c(NC(=O)CN5CC[C@H](Oc6ccnc(NC7CC7)n6)C5)cccc34)n2)nn1C. The van der Waals surface area contributed by atoms with E-state index in [0.29, 0.717) is 42.1 Å². The standard InChI is InChI=1S/C33H37N11O2/c1-19-14-27(42-43(19)2)39-33-36-15-24(20-6-7-20)30(41-33)25-16-35-31-23(25)4-3-5-26(31)38-28(45)18-44-13-11-22(17-44)46-29-10-12-34-32(40-29)37-21-8-9-21/h3-5,10,12,14-16,20-22,35H,6-9,11,13,17-18H2,1-2H3,(H,38,45)(H,34,37,40)(H,36,39,41,42)/t22-/m0/s1. The minimum atomic E-state index is -0.0693. The Morgan fingerprint density at radius 2 is 1.98 bits per heavy atom. The summed E-state index contributed by atoms with van der Waals surface area (Å²) in [4.78, 5) is 37.1. The number of rotatable bonds is 11. The molecule has 3 fully saturated rings. The lowest BCUT2D eigenvalue weighted by Gasteiger charge is -2.17.